The zero-order valence-corrected chi connectivity index (χ0v) is 11.8. The SMILES string of the molecule is COc1cccc(CCNC(C)c2nccn2C)c1. The predicted octanol–water partition coefficient (Wildman–Crippen LogP) is 2.32. The lowest BCUT2D eigenvalue weighted by molar-refractivity contribution is 0.414. The number of hydrogen-bond donors (Lipinski definition) is 1. The number of aryl methyl sites for hydroxylation is 1. The van der Waals surface area contributed by atoms with Gasteiger partial charge in [-0.05, 0) is 37.6 Å². The third-order valence-electron chi connectivity index (χ3n) is 3.24. The lowest BCUT2D eigenvalue weighted by Crippen LogP contribution is -2.23. The first kappa shape index (κ1) is 13.6. The molecule has 0 spiro atoms. The summed E-state index contributed by atoms with van der Waals surface area (Å²) < 4.78 is 7.27. The molecule has 0 aliphatic heterocycles. The summed E-state index contributed by atoms with van der Waals surface area (Å²) in [6.07, 6.45) is 4.77. The lowest BCUT2D eigenvalue weighted by Gasteiger charge is -2.13. The Morgan fingerprint density at radius 3 is 2.95 bits per heavy atom. The van der Waals surface area contributed by atoms with Crippen molar-refractivity contribution in [3.8, 4) is 5.75 Å². The molecule has 0 fully saturated rings. The quantitative estimate of drug-likeness (QED) is 0.865. The van der Waals surface area contributed by atoms with E-state index in [0.29, 0.717) is 0 Å². The van der Waals surface area contributed by atoms with Crippen LogP contribution >= 0.6 is 0 Å². The van der Waals surface area contributed by atoms with Crippen LogP contribution in [0.15, 0.2) is 36.7 Å². The summed E-state index contributed by atoms with van der Waals surface area (Å²) >= 11 is 0. The van der Waals surface area contributed by atoms with Gasteiger partial charge in [0.1, 0.15) is 11.6 Å². The molecule has 4 nitrogen and oxygen atoms in total. The normalized spacial score (nSPS) is 12.4. The molecule has 1 atom stereocenters. The van der Waals surface area contributed by atoms with E-state index < -0.39 is 0 Å². The van der Waals surface area contributed by atoms with Gasteiger partial charge in [-0.3, -0.25) is 0 Å². The average molecular weight is 259 g/mol. The van der Waals surface area contributed by atoms with Gasteiger partial charge in [0.25, 0.3) is 0 Å². The number of nitrogens with zero attached hydrogens (tertiary/aromatic N) is 2. The van der Waals surface area contributed by atoms with Crippen molar-refractivity contribution in [3.63, 3.8) is 0 Å². The summed E-state index contributed by atoms with van der Waals surface area (Å²) in [5.41, 5.74) is 1.28. The molecule has 19 heavy (non-hydrogen) atoms. The summed E-state index contributed by atoms with van der Waals surface area (Å²) in [5, 5.41) is 3.49. The zero-order valence-electron chi connectivity index (χ0n) is 11.8. The predicted molar refractivity (Wildman–Crippen MR) is 76.3 cm³/mol. The van der Waals surface area contributed by atoms with E-state index in [9.17, 15) is 0 Å². The molecule has 0 aliphatic rings. The highest BCUT2D eigenvalue weighted by atomic mass is 16.5. The van der Waals surface area contributed by atoms with E-state index >= 15 is 0 Å². The Kier molecular flexibility index (Phi) is 4.58. The first-order valence-electron chi connectivity index (χ1n) is 6.54. The fourth-order valence-corrected chi connectivity index (χ4v) is 2.15. The molecule has 0 saturated heterocycles. The topological polar surface area (TPSA) is 39.1 Å². The Bertz CT molecular complexity index is 522. The Hall–Kier alpha value is -1.81. The molecule has 0 saturated carbocycles. The number of aromatic nitrogens is 2. The van der Waals surface area contributed by atoms with E-state index in [0.717, 1.165) is 24.5 Å². The van der Waals surface area contributed by atoms with Crippen molar-refractivity contribution in [1.82, 2.24) is 14.9 Å². The molecule has 1 unspecified atom stereocenters. The van der Waals surface area contributed by atoms with Gasteiger partial charge >= 0.3 is 0 Å². The molecule has 1 N–H and O–H groups in total. The number of nitrogens with one attached hydrogen (secondary N) is 1. The molecule has 0 radical (unpaired) electrons. The van der Waals surface area contributed by atoms with Crippen molar-refractivity contribution < 1.29 is 4.74 Å². The fourth-order valence-electron chi connectivity index (χ4n) is 2.15. The Morgan fingerprint density at radius 1 is 1.42 bits per heavy atom. The van der Waals surface area contributed by atoms with Gasteiger partial charge in [0.15, 0.2) is 0 Å². The first-order chi connectivity index (χ1) is 9.20. The second-order valence-corrected chi connectivity index (χ2v) is 4.67. The van der Waals surface area contributed by atoms with Gasteiger partial charge in [0.2, 0.25) is 0 Å². The molecule has 1 aromatic carbocycles. The van der Waals surface area contributed by atoms with Gasteiger partial charge in [-0.15, -0.1) is 0 Å². The summed E-state index contributed by atoms with van der Waals surface area (Å²) in [6.45, 7) is 3.05. The van der Waals surface area contributed by atoms with Crippen LogP contribution in [-0.4, -0.2) is 23.2 Å². The Balaban J connectivity index is 1.84. The van der Waals surface area contributed by atoms with Crippen LogP contribution < -0.4 is 10.1 Å². The molecule has 2 rings (SSSR count). The molecule has 2 aromatic rings. The van der Waals surface area contributed by atoms with E-state index in [1.54, 1.807) is 7.11 Å². The minimum Gasteiger partial charge on any atom is -0.497 e. The number of ether oxygens (including phenoxy) is 1. The number of imidazole rings is 1. The summed E-state index contributed by atoms with van der Waals surface area (Å²) in [6, 6.07) is 8.44. The van der Waals surface area contributed by atoms with E-state index in [-0.39, 0.29) is 6.04 Å². The lowest BCUT2D eigenvalue weighted by atomic mass is 10.1. The van der Waals surface area contributed by atoms with Crippen molar-refractivity contribution in [2.45, 2.75) is 19.4 Å². The standard InChI is InChI=1S/C15H21N3O/c1-12(15-17-9-10-18(15)2)16-8-7-13-5-4-6-14(11-13)19-3/h4-6,9-12,16H,7-8H2,1-3H3. The molecule has 4 heteroatoms. The molecule has 0 aliphatic carbocycles. The zero-order chi connectivity index (χ0) is 13.7. The van der Waals surface area contributed by atoms with E-state index in [2.05, 4.69) is 29.4 Å². The molecular weight excluding hydrogens is 238 g/mol. The van der Waals surface area contributed by atoms with E-state index in [1.807, 2.05) is 36.1 Å². The van der Waals surface area contributed by atoms with Crippen LogP contribution in [0.25, 0.3) is 0 Å². The number of benzene rings is 1. The highest BCUT2D eigenvalue weighted by molar-refractivity contribution is 5.28. The van der Waals surface area contributed by atoms with Gasteiger partial charge in [-0.2, -0.15) is 0 Å². The molecule has 1 aromatic heterocycles. The minimum absolute atomic E-state index is 0.255. The maximum absolute atomic E-state index is 5.22. The van der Waals surface area contributed by atoms with Crippen molar-refractivity contribution in [2.24, 2.45) is 7.05 Å². The Morgan fingerprint density at radius 2 is 2.26 bits per heavy atom. The van der Waals surface area contributed by atoms with E-state index in [4.69, 9.17) is 4.74 Å². The highest BCUT2D eigenvalue weighted by Gasteiger charge is 2.08. The summed E-state index contributed by atoms with van der Waals surface area (Å²) in [5.74, 6) is 1.97. The first-order valence-corrected chi connectivity index (χ1v) is 6.54. The second kappa shape index (κ2) is 6.38. The summed E-state index contributed by atoms with van der Waals surface area (Å²) in [7, 11) is 3.71. The maximum atomic E-state index is 5.22. The highest BCUT2D eigenvalue weighted by Crippen LogP contribution is 2.13. The van der Waals surface area contributed by atoms with Gasteiger partial charge in [0, 0.05) is 19.4 Å². The van der Waals surface area contributed by atoms with Gasteiger partial charge in [-0.25, -0.2) is 4.98 Å². The second-order valence-electron chi connectivity index (χ2n) is 4.67. The van der Waals surface area contributed by atoms with Crippen LogP contribution in [0.5, 0.6) is 5.75 Å². The van der Waals surface area contributed by atoms with Crippen molar-refractivity contribution in [3.05, 3.63) is 48.0 Å². The Labute approximate surface area is 114 Å². The largest absolute Gasteiger partial charge is 0.497 e. The average Bonchev–Trinajstić information content (AvgIpc) is 2.85. The van der Waals surface area contributed by atoms with Crippen LogP contribution in [0.2, 0.25) is 0 Å². The molecule has 1 heterocycles. The molecule has 102 valence electrons. The van der Waals surface area contributed by atoms with Crippen LogP contribution in [0, 0.1) is 0 Å². The van der Waals surface area contributed by atoms with E-state index in [1.165, 1.54) is 5.56 Å². The number of methoxy groups -OCH3 is 1. The maximum Gasteiger partial charge on any atom is 0.125 e. The fraction of sp³-hybridized carbons (Fsp3) is 0.400. The molecular formula is C15H21N3O. The number of hydrogen-bond acceptors (Lipinski definition) is 3. The summed E-state index contributed by atoms with van der Waals surface area (Å²) in [4.78, 5) is 4.35. The van der Waals surface area contributed by atoms with Crippen molar-refractivity contribution in [2.75, 3.05) is 13.7 Å². The molecule has 0 bridgehead atoms. The monoisotopic (exact) mass is 259 g/mol. The smallest absolute Gasteiger partial charge is 0.125 e. The molecule has 0 amide bonds. The van der Waals surface area contributed by atoms with Crippen molar-refractivity contribution in [1.29, 1.82) is 0 Å². The minimum atomic E-state index is 0.255. The van der Waals surface area contributed by atoms with Crippen LogP contribution in [0.3, 0.4) is 0 Å². The van der Waals surface area contributed by atoms with Gasteiger partial charge < -0.3 is 14.6 Å². The van der Waals surface area contributed by atoms with Gasteiger partial charge in [0.05, 0.1) is 13.2 Å². The van der Waals surface area contributed by atoms with Crippen LogP contribution in [0.4, 0.5) is 0 Å². The third-order valence-corrected chi connectivity index (χ3v) is 3.24. The van der Waals surface area contributed by atoms with Gasteiger partial charge in [-0.1, -0.05) is 12.1 Å². The van der Waals surface area contributed by atoms with Crippen LogP contribution in [0.1, 0.15) is 24.4 Å². The number of rotatable bonds is 6. The van der Waals surface area contributed by atoms with Crippen molar-refractivity contribution >= 4 is 0 Å². The third kappa shape index (κ3) is 3.58. The van der Waals surface area contributed by atoms with Crippen LogP contribution in [-0.2, 0) is 13.5 Å².